The molecule has 0 aliphatic rings. The molecule has 1 heterocycles. The van der Waals surface area contributed by atoms with E-state index in [0.29, 0.717) is 12.3 Å². The van der Waals surface area contributed by atoms with Gasteiger partial charge >= 0.3 is 0 Å². The molecule has 23 heavy (non-hydrogen) atoms. The lowest BCUT2D eigenvalue weighted by atomic mass is 10.1. The molecule has 1 aromatic carbocycles. The minimum atomic E-state index is -0.616. The number of carbonyl (C=O) groups is 2. The second-order valence-corrected chi connectivity index (χ2v) is 5.89. The third kappa shape index (κ3) is 4.38. The highest BCUT2D eigenvalue weighted by Crippen LogP contribution is 2.16. The van der Waals surface area contributed by atoms with Gasteiger partial charge < -0.3 is 11.1 Å². The van der Waals surface area contributed by atoms with Crippen molar-refractivity contribution in [3.63, 3.8) is 0 Å². The van der Waals surface area contributed by atoms with Crippen LogP contribution in [0.3, 0.4) is 0 Å². The van der Waals surface area contributed by atoms with Crippen LogP contribution in [0.2, 0.25) is 0 Å². The fourth-order valence-electron chi connectivity index (χ4n) is 2.17. The van der Waals surface area contributed by atoms with Crippen molar-refractivity contribution in [2.75, 3.05) is 0 Å². The Balaban J connectivity index is 2.06. The molecule has 0 radical (unpaired) electrons. The number of aromatic nitrogens is 3. The Hall–Kier alpha value is -2.70. The molecule has 2 amide bonds. The van der Waals surface area contributed by atoms with Crippen LogP contribution in [0.5, 0.6) is 0 Å². The predicted molar refractivity (Wildman–Crippen MR) is 85.9 cm³/mol. The largest absolute Gasteiger partial charge is 0.364 e. The number of hydrogen-bond donors (Lipinski definition) is 2. The number of amides is 2. The summed E-state index contributed by atoms with van der Waals surface area (Å²) >= 11 is 0. The minimum Gasteiger partial charge on any atom is -0.364 e. The summed E-state index contributed by atoms with van der Waals surface area (Å²) in [7, 11) is 0. The van der Waals surface area contributed by atoms with Crippen LogP contribution < -0.4 is 11.1 Å². The van der Waals surface area contributed by atoms with Gasteiger partial charge in [0, 0.05) is 6.42 Å². The quantitative estimate of drug-likeness (QED) is 0.844. The van der Waals surface area contributed by atoms with Gasteiger partial charge in [0.05, 0.1) is 17.9 Å². The molecule has 0 aliphatic heterocycles. The molecule has 7 heteroatoms. The zero-order valence-electron chi connectivity index (χ0n) is 13.5. The van der Waals surface area contributed by atoms with Crippen molar-refractivity contribution in [3.8, 4) is 5.69 Å². The van der Waals surface area contributed by atoms with Crippen LogP contribution in [0.4, 0.5) is 0 Å². The summed E-state index contributed by atoms with van der Waals surface area (Å²) in [6.07, 6.45) is 1.99. The number of nitrogens with zero attached hydrogens (tertiary/aromatic N) is 3. The van der Waals surface area contributed by atoms with Gasteiger partial charge in [-0.1, -0.05) is 31.2 Å². The predicted octanol–water partition coefficient (Wildman–Crippen LogP) is 1.59. The highest BCUT2D eigenvalue weighted by atomic mass is 16.2. The molecule has 2 rings (SSSR count). The maximum atomic E-state index is 11.8. The Kier molecular flexibility index (Phi) is 5.10. The van der Waals surface area contributed by atoms with Crippen LogP contribution in [-0.2, 0) is 4.79 Å². The van der Waals surface area contributed by atoms with Gasteiger partial charge in [-0.25, -0.2) is 4.68 Å². The zero-order chi connectivity index (χ0) is 17.0. The van der Waals surface area contributed by atoms with Crippen molar-refractivity contribution < 1.29 is 9.59 Å². The SMILES string of the molecule is CC(C)CC(=O)NC(C)c1ccc(-n2cc(C(N)=O)nn2)cc1. The second kappa shape index (κ2) is 7.04. The molecule has 0 bridgehead atoms. The van der Waals surface area contributed by atoms with Crippen LogP contribution in [-0.4, -0.2) is 26.8 Å². The molecule has 1 unspecified atom stereocenters. The molecule has 122 valence electrons. The van der Waals surface area contributed by atoms with E-state index in [1.54, 1.807) is 0 Å². The Morgan fingerprint density at radius 3 is 2.39 bits per heavy atom. The second-order valence-electron chi connectivity index (χ2n) is 5.89. The normalized spacial score (nSPS) is 12.2. The molecule has 0 aliphatic carbocycles. The number of nitrogens with one attached hydrogen (secondary N) is 1. The van der Waals surface area contributed by atoms with Crippen molar-refractivity contribution in [3.05, 3.63) is 41.7 Å². The average molecular weight is 315 g/mol. The van der Waals surface area contributed by atoms with E-state index >= 15 is 0 Å². The summed E-state index contributed by atoms with van der Waals surface area (Å²) in [5.41, 5.74) is 7.01. The standard InChI is InChI=1S/C16H21N5O2/c1-10(2)8-15(22)18-11(3)12-4-6-13(7-5-12)21-9-14(16(17)23)19-20-21/h4-7,9-11H,8H2,1-3H3,(H2,17,23)(H,18,22). The van der Waals surface area contributed by atoms with Crippen LogP contribution in [0.15, 0.2) is 30.5 Å². The molecule has 1 aromatic heterocycles. The van der Waals surface area contributed by atoms with Crippen LogP contribution >= 0.6 is 0 Å². The van der Waals surface area contributed by atoms with Crippen LogP contribution in [0.25, 0.3) is 5.69 Å². The van der Waals surface area contributed by atoms with E-state index in [1.807, 2.05) is 45.0 Å². The van der Waals surface area contributed by atoms with Crippen molar-refractivity contribution in [1.29, 1.82) is 0 Å². The third-order valence-electron chi connectivity index (χ3n) is 3.37. The molecule has 3 N–H and O–H groups in total. The van der Waals surface area contributed by atoms with E-state index in [4.69, 9.17) is 5.73 Å². The summed E-state index contributed by atoms with van der Waals surface area (Å²) in [5, 5.41) is 10.5. The first-order valence-corrected chi connectivity index (χ1v) is 7.48. The van der Waals surface area contributed by atoms with Gasteiger partial charge in [0.25, 0.3) is 5.91 Å². The van der Waals surface area contributed by atoms with Crippen molar-refractivity contribution >= 4 is 11.8 Å². The summed E-state index contributed by atoms with van der Waals surface area (Å²) < 4.78 is 1.48. The van der Waals surface area contributed by atoms with E-state index in [9.17, 15) is 9.59 Å². The molecule has 0 fully saturated rings. The molecule has 1 atom stereocenters. The van der Waals surface area contributed by atoms with Gasteiger partial charge in [0.2, 0.25) is 5.91 Å². The summed E-state index contributed by atoms with van der Waals surface area (Å²) in [5.74, 6) is -0.246. The molecule has 0 saturated carbocycles. The van der Waals surface area contributed by atoms with Crippen LogP contribution in [0.1, 0.15) is 49.3 Å². The highest BCUT2D eigenvalue weighted by Gasteiger charge is 2.12. The Morgan fingerprint density at radius 2 is 1.87 bits per heavy atom. The van der Waals surface area contributed by atoms with Gasteiger partial charge in [-0.2, -0.15) is 0 Å². The third-order valence-corrected chi connectivity index (χ3v) is 3.37. The number of primary amides is 1. The first-order chi connectivity index (χ1) is 10.9. The monoisotopic (exact) mass is 315 g/mol. The number of benzene rings is 1. The number of carbonyl (C=O) groups excluding carboxylic acids is 2. The molecular formula is C16H21N5O2. The zero-order valence-corrected chi connectivity index (χ0v) is 13.5. The molecule has 0 saturated heterocycles. The van der Waals surface area contributed by atoms with Crippen molar-refractivity contribution in [2.24, 2.45) is 11.7 Å². The fraction of sp³-hybridized carbons (Fsp3) is 0.375. The smallest absolute Gasteiger partial charge is 0.270 e. The number of rotatable bonds is 6. The number of hydrogen-bond acceptors (Lipinski definition) is 4. The Bertz CT molecular complexity index is 691. The average Bonchev–Trinajstić information content (AvgIpc) is 2.96. The maximum absolute atomic E-state index is 11.8. The van der Waals surface area contributed by atoms with E-state index < -0.39 is 5.91 Å². The fourth-order valence-corrected chi connectivity index (χ4v) is 2.17. The van der Waals surface area contributed by atoms with E-state index in [-0.39, 0.29) is 17.6 Å². The molecule has 0 spiro atoms. The van der Waals surface area contributed by atoms with Gasteiger partial charge in [-0.15, -0.1) is 5.10 Å². The Labute approximate surface area is 134 Å². The number of nitrogens with two attached hydrogens (primary N) is 1. The first kappa shape index (κ1) is 16.7. The van der Waals surface area contributed by atoms with Crippen molar-refractivity contribution in [1.82, 2.24) is 20.3 Å². The summed E-state index contributed by atoms with van der Waals surface area (Å²) in [4.78, 5) is 22.8. The van der Waals surface area contributed by atoms with Crippen molar-refractivity contribution in [2.45, 2.75) is 33.2 Å². The van der Waals surface area contributed by atoms with Crippen LogP contribution in [0, 0.1) is 5.92 Å². The minimum absolute atomic E-state index is 0.0407. The lowest BCUT2D eigenvalue weighted by Crippen LogP contribution is -2.27. The maximum Gasteiger partial charge on any atom is 0.270 e. The highest BCUT2D eigenvalue weighted by molar-refractivity contribution is 5.90. The van der Waals surface area contributed by atoms with Gasteiger partial charge in [0.15, 0.2) is 5.69 Å². The lowest BCUT2D eigenvalue weighted by molar-refractivity contribution is -0.122. The Morgan fingerprint density at radius 1 is 1.22 bits per heavy atom. The van der Waals surface area contributed by atoms with E-state index in [2.05, 4.69) is 15.6 Å². The molecule has 2 aromatic rings. The lowest BCUT2D eigenvalue weighted by Gasteiger charge is -2.15. The van der Waals surface area contributed by atoms with Gasteiger partial charge in [0.1, 0.15) is 0 Å². The first-order valence-electron chi connectivity index (χ1n) is 7.48. The molecular weight excluding hydrogens is 294 g/mol. The van der Waals surface area contributed by atoms with E-state index in [1.165, 1.54) is 10.9 Å². The summed E-state index contributed by atoms with van der Waals surface area (Å²) in [6.45, 7) is 5.96. The van der Waals surface area contributed by atoms with Gasteiger partial charge in [-0.05, 0) is 30.5 Å². The summed E-state index contributed by atoms with van der Waals surface area (Å²) in [6, 6.07) is 7.43. The topological polar surface area (TPSA) is 103 Å². The molecule has 7 nitrogen and oxygen atoms in total. The van der Waals surface area contributed by atoms with E-state index in [0.717, 1.165) is 11.3 Å². The van der Waals surface area contributed by atoms with Gasteiger partial charge in [-0.3, -0.25) is 9.59 Å².